The van der Waals surface area contributed by atoms with Crippen LogP contribution >= 0.6 is 11.6 Å². The van der Waals surface area contributed by atoms with E-state index >= 15 is 0 Å². The fraction of sp³-hybridized carbons (Fsp3) is 0.188. The van der Waals surface area contributed by atoms with Crippen LogP contribution in [-0.2, 0) is 11.0 Å². The predicted octanol–water partition coefficient (Wildman–Crippen LogP) is 4.56. The maximum absolute atomic E-state index is 13.1. The van der Waals surface area contributed by atoms with Crippen molar-refractivity contribution in [2.45, 2.75) is 6.18 Å². The van der Waals surface area contributed by atoms with Crippen LogP contribution in [0.15, 0.2) is 36.4 Å². The summed E-state index contributed by atoms with van der Waals surface area (Å²) in [4.78, 5) is 11.9. The van der Waals surface area contributed by atoms with Crippen molar-refractivity contribution in [3.63, 3.8) is 0 Å². The molecule has 0 saturated carbocycles. The molecule has 0 unspecified atom stereocenters. The number of ether oxygens (including phenoxy) is 1. The summed E-state index contributed by atoms with van der Waals surface area (Å²) >= 11 is 5.81. The summed E-state index contributed by atoms with van der Waals surface area (Å²) in [6, 6.07) is 6.30. The van der Waals surface area contributed by atoms with Gasteiger partial charge in [0.25, 0.3) is 0 Å². The van der Waals surface area contributed by atoms with E-state index in [0.717, 1.165) is 24.3 Å². The molecular formula is C16H13ClF4N2O2. The van der Waals surface area contributed by atoms with Crippen molar-refractivity contribution in [2.24, 2.45) is 0 Å². The first-order valence-electron chi connectivity index (χ1n) is 6.94. The second-order valence-electron chi connectivity index (χ2n) is 4.94. The number of halogens is 5. The van der Waals surface area contributed by atoms with Crippen LogP contribution < -0.4 is 15.4 Å². The van der Waals surface area contributed by atoms with Crippen molar-refractivity contribution in [1.82, 2.24) is 0 Å². The summed E-state index contributed by atoms with van der Waals surface area (Å²) in [6.45, 7) is -0.283. The largest absolute Gasteiger partial charge is 0.494 e. The molecule has 0 spiro atoms. The average molecular weight is 377 g/mol. The van der Waals surface area contributed by atoms with Gasteiger partial charge in [-0.3, -0.25) is 4.79 Å². The topological polar surface area (TPSA) is 50.4 Å². The maximum atomic E-state index is 13.1. The SMILES string of the molecule is COc1cc(F)ccc1NCC(=O)Nc1cc(C(F)(F)F)ccc1Cl. The van der Waals surface area contributed by atoms with E-state index in [4.69, 9.17) is 16.3 Å². The highest BCUT2D eigenvalue weighted by Crippen LogP contribution is 2.33. The monoisotopic (exact) mass is 376 g/mol. The van der Waals surface area contributed by atoms with Crippen LogP contribution in [-0.4, -0.2) is 19.6 Å². The lowest BCUT2D eigenvalue weighted by Crippen LogP contribution is -2.22. The van der Waals surface area contributed by atoms with Gasteiger partial charge in [-0.2, -0.15) is 13.2 Å². The molecule has 2 rings (SSSR count). The lowest BCUT2D eigenvalue weighted by atomic mass is 10.2. The van der Waals surface area contributed by atoms with Crippen LogP contribution in [0.1, 0.15) is 5.56 Å². The van der Waals surface area contributed by atoms with E-state index < -0.39 is 23.5 Å². The van der Waals surface area contributed by atoms with E-state index in [9.17, 15) is 22.4 Å². The van der Waals surface area contributed by atoms with Crippen LogP contribution in [0.25, 0.3) is 0 Å². The fourth-order valence-corrected chi connectivity index (χ4v) is 2.14. The van der Waals surface area contributed by atoms with Gasteiger partial charge in [-0.25, -0.2) is 4.39 Å². The number of carbonyl (C=O) groups excluding carboxylic acids is 1. The first-order valence-corrected chi connectivity index (χ1v) is 7.32. The quantitative estimate of drug-likeness (QED) is 0.752. The Morgan fingerprint density at radius 1 is 1.16 bits per heavy atom. The highest BCUT2D eigenvalue weighted by Gasteiger charge is 2.31. The number of anilines is 2. The molecule has 25 heavy (non-hydrogen) atoms. The molecule has 0 aliphatic carbocycles. The summed E-state index contributed by atoms with van der Waals surface area (Å²) in [5.74, 6) is -0.958. The Morgan fingerprint density at radius 2 is 1.88 bits per heavy atom. The van der Waals surface area contributed by atoms with Crippen molar-refractivity contribution in [3.05, 3.63) is 52.8 Å². The van der Waals surface area contributed by atoms with Crippen LogP contribution in [0.4, 0.5) is 28.9 Å². The molecule has 0 aliphatic heterocycles. The molecule has 2 aromatic carbocycles. The Morgan fingerprint density at radius 3 is 2.52 bits per heavy atom. The lowest BCUT2D eigenvalue weighted by Gasteiger charge is -2.13. The average Bonchev–Trinajstić information content (AvgIpc) is 2.54. The van der Waals surface area contributed by atoms with Gasteiger partial charge < -0.3 is 15.4 Å². The minimum Gasteiger partial charge on any atom is -0.494 e. The van der Waals surface area contributed by atoms with E-state index in [1.165, 1.54) is 19.2 Å². The number of amides is 1. The van der Waals surface area contributed by atoms with Crippen LogP contribution in [0.5, 0.6) is 5.75 Å². The number of hydrogen-bond acceptors (Lipinski definition) is 3. The predicted molar refractivity (Wildman–Crippen MR) is 86.5 cm³/mol. The van der Waals surface area contributed by atoms with E-state index in [1.807, 2.05) is 0 Å². The summed E-state index contributed by atoms with van der Waals surface area (Å²) in [5, 5.41) is 4.97. The molecule has 0 radical (unpaired) electrons. The highest BCUT2D eigenvalue weighted by atomic mass is 35.5. The lowest BCUT2D eigenvalue weighted by molar-refractivity contribution is -0.137. The molecule has 0 aromatic heterocycles. The van der Waals surface area contributed by atoms with Crippen LogP contribution in [0, 0.1) is 5.82 Å². The normalized spacial score (nSPS) is 11.1. The van der Waals surface area contributed by atoms with Crippen molar-refractivity contribution in [3.8, 4) is 5.75 Å². The molecule has 0 fully saturated rings. The van der Waals surface area contributed by atoms with Crippen LogP contribution in [0.3, 0.4) is 0 Å². The third-order valence-electron chi connectivity index (χ3n) is 3.17. The van der Waals surface area contributed by atoms with Gasteiger partial charge in [0.05, 0.1) is 35.6 Å². The second-order valence-corrected chi connectivity index (χ2v) is 5.35. The molecule has 134 valence electrons. The summed E-state index contributed by atoms with van der Waals surface area (Å²) < 4.78 is 56.2. The zero-order chi connectivity index (χ0) is 18.6. The summed E-state index contributed by atoms with van der Waals surface area (Å²) in [6.07, 6.45) is -4.55. The molecule has 2 aromatic rings. The zero-order valence-corrected chi connectivity index (χ0v) is 13.6. The second kappa shape index (κ2) is 7.60. The minimum absolute atomic E-state index is 0.0271. The number of alkyl halides is 3. The van der Waals surface area contributed by atoms with Crippen LogP contribution in [0.2, 0.25) is 5.02 Å². The Labute approximate surface area is 145 Å². The van der Waals surface area contributed by atoms with Crippen molar-refractivity contribution in [2.75, 3.05) is 24.3 Å². The number of methoxy groups -OCH3 is 1. The molecule has 4 nitrogen and oxygen atoms in total. The molecule has 2 N–H and O–H groups in total. The van der Waals surface area contributed by atoms with Crippen molar-refractivity contribution < 1.29 is 27.1 Å². The van der Waals surface area contributed by atoms with Gasteiger partial charge in [0.15, 0.2) is 0 Å². The number of rotatable bonds is 5. The van der Waals surface area contributed by atoms with Gasteiger partial charge in [0.2, 0.25) is 5.91 Å². The minimum atomic E-state index is -4.55. The number of carbonyl (C=O) groups is 1. The van der Waals surface area contributed by atoms with Gasteiger partial charge in [-0.1, -0.05) is 11.6 Å². The maximum Gasteiger partial charge on any atom is 0.416 e. The van der Waals surface area contributed by atoms with E-state index in [-0.39, 0.29) is 23.0 Å². The van der Waals surface area contributed by atoms with E-state index in [1.54, 1.807) is 0 Å². The van der Waals surface area contributed by atoms with Gasteiger partial charge >= 0.3 is 6.18 Å². The molecule has 0 bridgehead atoms. The van der Waals surface area contributed by atoms with E-state index in [0.29, 0.717) is 5.69 Å². The standard InChI is InChI=1S/C16H13ClF4N2O2/c1-25-14-7-10(18)3-5-12(14)22-8-15(24)23-13-6-9(16(19,20)21)2-4-11(13)17/h2-7,22H,8H2,1H3,(H,23,24). The Bertz CT molecular complexity index is 781. The molecule has 0 saturated heterocycles. The summed E-state index contributed by atoms with van der Waals surface area (Å²) in [7, 11) is 1.34. The smallest absolute Gasteiger partial charge is 0.416 e. The first kappa shape index (κ1) is 18.9. The Kier molecular flexibility index (Phi) is 5.73. The van der Waals surface area contributed by atoms with Gasteiger partial charge in [0.1, 0.15) is 11.6 Å². The number of benzene rings is 2. The molecule has 9 heteroatoms. The fourth-order valence-electron chi connectivity index (χ4n) is 1.98. The van der Waals surface area contributed by atoms with Gasteiger partial charge in [-0.05, 0) is 30.3 Å². The molecule has 0 atom stereocenters. The highest BCUT2D eigenvalue weighted by molar-refractivity contribution is 6.33. The van der Waals surface area contributed by atoms with Crippen molar-refractivity contribution >= 4 is 28.9 Å². The van der Waals surface area contributed by atoms with E-state index in [2.05, 4.69) is 10.6 Å². The third kappa shape index (κ3) is 4.99. The number of hydrogen-bond donors (Lipinski definition) is 2. The first-order chi connectivity index (χ1) is 11.7. The van der Waals surface area contributed by atoms with Crippen molar-refractivity contribution in [1.29, 1.82) is 0 Å². The third-order valence-corrected chi connectivity index (χ3v) is 3.50. The molecule has 0 aliphatic rings. The zero-order valence-electron chi connectivity index (χ0n) is 12.9. The number of nitrogens with one attached hydrogen (secondary N) is 2. The molecule has 1 amide bonds. The summed E-state index contributed by atoms with van der Waals surface area (Å²) in [5.41, 5.74) is -0.732. The van der Waals surface area contributed by atoms with Gasteiger partial charge in [-0.15, -0.1) is 0 Å². The molecular weight excluding hydrogens is 364 g/mol. The Balaban J connectivity index is 2.06. The van der Waals surface area contributed by atoms with Gasteiger partial charge in [0, 0.05) is 6.07 Å². The molecule has 0 heterocycles. The Hall–Kier alpha value is -2.48.